The molecule has 0 fully saturated rings. The zero-order valence-electron chi connectivity index (χ0n) is 13.0. The first kappa shape index (κ1) is 17.6. The van der Waals surface area contributed by atoms with E-state index in [1.54, 1.807) is 19.2 Å². The van der Waals surface area contributed by atoms with Crippen molar-refractivity contribution in [1.82, 2.24) is 5.32 Å². The van der Waals surface area contributed by atoms with E-state index in [0.29, 0.717) is 12.2 Å². The van der Waals surface area contributed by atoms with Crippen molar-refractivity contribution in [3.05, 3.63) is 70.3 Å². The highest BCUT2D eigenvalue weighted by molar-refractivity contribution is 9.10. The number of anilines is 1. The lowest BCUT2D eigenvalue weighted by Crippen LogP contribution is -2.16. The van der Waals surface area contributed by atoms with Crippen molar-refractivity contribution < 1.29 is 9.53 Å². The molecule has 0 saturated heterocycles. The van der Waals surface area contributed by atoms with Crippen LogP contribution in [0.1, 0.15) is 5.56 Å². The van der Waals surface area contributed by atoms with Crippen molar-refractivity contribution in [2.45, 2.75) is 6.54 Å². The Morgan fingerprint density at radius 2 is 2.04 bits per heavy atom. The fourth-order valence-corrected chi connectivity index (χ4v) is 2.20. The second-order valence-corrected chi connectivity index (χ2v) is 5.78. The van der Waals surface area contributed by atoms with Gasteiger partial charge in [0.1, 0.15) is 17.4 Å². The number of hydrogen-bond donors (Lipinski definition) is 2. The first-order valence-electron chi connectivity index (χ1n) is 7.16. The van der Waals surface area contributed by atoms with Crippen molar-refractivity contribution in [3.63, 3.8) is 0 Å². The minimum atomic E-state index is -0.460. The van der Waals surface area contributed by atoms with Gasteiger partial charge in [0.2, 0.25) is 0 Å². The van der Waals surface area contributed by atoms with E-state index in [-0.39, 0.29) is 5.57 Å². The van der Waals surface area contributed by atoms with E-state index in [9.17, 15) is 4.79 Å². The standard InChI is InChI=1S/C18H16BrN3O2/c1-24-17-4-2-3-13(9-17)11-21-12-14(10-20)18(23)22-16-7-5-15(19)6-8-16/h2-9,12,21H,11H2,1H3,(H,22,23)/b14-12-. The summed E-state index contributed by atoms with van der Waals surface area (Å²) in [6, 6.07) is 16.6. The molecular formula is C18H16BrN3O2. The second kappa shape index (κ2) is 8.75. The molecule has 0 aliphatic heterocycles. The molecule has 0 aliphatic carbocycles. The fraction of sp³-hybridized carbons (Fsp3) is 0.111. The smallest absolute Gasteiger partial charge is 0.267 e. The van der Waals surface area contributed by atoms with E-state index >= 15 is 0 Å². The normalized spacial score (nSPS) is 10.6. The number of rotatable bonds is 6. The van der Waals surface area contributed by atoms with Gasteiger partial charge in [-0.15, -0.1) is 0 Å². The topological polar surface area (TPSA) is 74.1 Å². The molecule has 5 nitrogen and oxygen atoms in total. The summed E-state index contributed by atoms with van der Waals surface area (Å²) in [5.74, 6) is 0.296. The van der Waals surface area contributed by atoms with Gasteiger partial charge in [0.25, 0.3) is 5.91 Å². The third kappa shape index (κ3) is 5.14. The SMILES string of the molecule is COc1cccc(CN/C=C(/C#N)C(=O)Nc2ccc(Br)cc2)c1. The Kier molecular flexibility index (Phi) is 6.41. The van der Waals surface area contributed by atoms with Crippen molar-refractivity contribution in [2.24, 2.45) is 0 Å². The summed E-state index contributed by atoms with van der Waals surface area (Å²) < 4.78 is 6.07. The van der Waals surface area contributed by atoms with Crippen molar-refractivity contribution in [3.8, 4) is 11.8 Å². The zero-order chi connectivity index (χ0) is 17.4. The lowest BCUT2D eigenvalue weighted by atomic mass is 10.2. The molecular weight excluding hydrogens is 370 g/mol. The molecule has 0 aromatic heterocycles. The van der Waals surface area contributed by atoms with Gasteiger partial charge in [-0.25, -0.2) is 0 Å². The Morgan fingerprint density at radius 1 is 1.29 bits per heavy atom. The number of nitriles is 1. The van der Waals surface area contributed by atoms with Crippen molar-refractivity contribution in [1.29, 1.82) is 5.26 Å². The predicted octanol–water partition coefficient (Wildman–Crippen LogP) is 3.59. The fourth-order valence-electron chi connectivity index (χ4n) is 1.93. The number of hydrogen-bond acceptors (Lipinski definition) is 4. The van der Waals surface area contributed by atoms with E-state index in [2.05, 4.69) is 26.6 Å². The summed E-state index contributed by atoms with van der Waals surface area (Å²) in [6.07, 6.45) is 1.41. The van der Waals surface area contributed by atoms with Crippen LogP contribution >= 0.6 is 15.9 Å². The highest BCUT2D eigenvalue weighted by atomic mass is 79.9. The van der Waals surface area contributed by atoms with Gasteiger partial charge in [-0.2, -0.15) is 5.26 Å². The van der Waals surface area contributed by atoms with Crippen LogP contribution in [0.4, 0.5) is 5.69 Å². The van der Waals surface area contributed by atoms with Crippen LogP contribution in [0.25, 0.3) is 0 Å². The number of carbonyl (C=O) groups excluding carboxylic acids is 1. The van der Waals surface area contributed by atoms with Crippen LogP contribution in [0.5, 0.6) is 5.75 Å². The molecule has 0 heterocycles. The summed E-state index contributed by atoms with van der Waals surface area (Å²) in [5.41, 5.74) is 1.61. The Bertz CT molecular complexity index is 780. The molecule has 0 saturated carbocycles. The maximum Gasteiger partial charge on any atom is 0.267 e. The van der Waals surface area contributed by atoms with Crippen LogP contribution in [-0.2, 0) is 11.3 Å². The van der Waals surface area contributed by atoms with Gasteiger partial charge < -0.3 is 15.4 Å². The number of carbonyl (C=O) groups is 1. The molecule has 122 valence electrons. The predicted molar refractivity (Wildman–Crippen MR) is 96.3 cm³/mol. The van der Waals surface area contributed by atoms with Crippen LogP contribution in [0, 0.1) is 11.3 Å². The Morgan fingerprint density at radius 3 is 2.71 bits per heavy atom. The highest BCUT2D eigenvalue weighted by Crippen LogP contribution is 2.15. The lowest BCUT2D eigenvalue weighted by Gasteiger charge is -2.06. The van der Waals surface area contributed by atoms with Crippen LogP contribution in [0.2, 0.25) is 0 Å². The molecule has 0 atom stereocenters. The van der Waals surface area contributed by atoms with E-state index in [1.807, 2.05) is 42.5 Å². The number of amides is 1. The summed E-state index contributed by atoms with van der Waals surface area (Å²) in [5, 5.41) is 14.8. The van der Waals surface area contributed by atoms with Crippen molar-refractivity contribution >= 4 is 27.5 Å². The van der Waals surface area contributed by atoms with Gasteiger partial charge in [0.15, 0.2) is 0 Å². The molecule has 1 amide bonds. The minimum absolute atomic E-state index is 0.000755. The summed E-state index contributed by atoms with van der Waals surface area (Å²) in [7, 11) is 1.60. The molecule has 0 unspecified atom stereocenters. The summed E-state index contributed by atoms with van der Waals surface area (Å²) in [4.78, 5) is 12.1. The van der Waals surface area contributed by atoms with Gasteiger partial charge in [-0.1, -0.05) is 28.1 Å². The number of nitrogens with zero attached hydrogens (tertiary/aromatic N) is 1. The molecule has 2 aromatic rings. The van der Waals surface area contributed by atoms with E-state index < -0.39 is 5.91 Å². The third-order valence-electron chi connectivity index (χ3n) is 3.15. The highest BCUT2D eigenvalue weighted by Gasteiger charge is 2.09. The maximum atomic E-state index is 12.1. The molecule has 2 rings (SSSR count). The Hall–Kier alpha value is -2.78. The molecule has 2 N–H and O–H groups in total. The number of ether oxygens (including phenoxy) is 1. The molecule has 24 heavy (non-hydrogen) atoms. The Balaban J connectivity index is 1.96. The number of methoxy groups -OCH3 is 1. The third-order valence-corrected chi connectivity index (χ3v) is 3.68. The van der Waals surface area contributed by atoms with Gasteiger partial charge in [-0.05, 0) is 42.0 Å². The maximum absolute atomic E-state index is 12.1. The van der Waals surface area contributed by atoms with Crippen LogP contribution in [0.15, 0.2) is 64.8 Å². The first-order valence-corrected chi connectivity index (χ1v) is 7.95. The second-order valence-electron chi connectivity index (χ2n) is 4.86. The van der Waals surface area contributed by atoms with E-state index in [4.69, 9.17) is 10.00 Å². The van der Waals surface area contributed by atoms with Gasteiger partial charge in [-0.3, -0.25) is 4.79 Å². The van der Waals surface area contributed by atoms with Crippen LogP contribution in [-0.4, -0.2) is 13.0 Å². The van der Waals surface area contributed by atoms with Gasteiger partial charge >= 0.3 is 0 Å². The molecule has 2 aromatic carbocycles. The quantitative estimate of drug-likeness (QED) is 0.588. The molecule has 6 heteroatoms. The van der Waals surface area contributed by atoms with E-state index in [0.717, 1.165) is 15.8 Å². The minimum Gasteiger partial charge on any atom is -0.497 e. The largest absolute Gasteiger partial charge is 0.497 e. The molecule has 0 bridgehead atoms. The van der Waals surface area contributed by atoms with E-state index in [1.165, 1.54) is 6.20 Å². The van der Waals surface area contributed by atoms with Crippen LogP contribution in [0.3, 0.4) is 0 Å². The lowest BCUT2D eigenvalue weighted by molar-refractivity contribution is -0.112. The molecule has 0 aliphatic rings. The number of halogens is 1. The summed E-state index contributed by atoms with van der Waals surface area (Å²) >= 11 is 3.33. The average Bonchev–Trinajstić information content (AvgIpc) is 2.61. The first-order chi connectivity index (χ1) is 11.6. The van der Waals surface area contributed by atoms with Gasteiger partial charge in [0, 0.05) is 22.9 Å². The molecule has 0 spiro atoms. The zero-order valence-corrected chi connectivity index (χ0v) is 14.6. The average molecular weight is 386 g/mol. The number of nitrogens with one attached hydrogen (secondary N) is 2. The number of benzene rings is 2. The Labute approximate surface area is 149 Å². The molecule has 0 radical (unpaired) electrons. The van der Waals surface area contributed by atoms with Gasteiger partial charge in [0.05, 0.1) is 7.11 Å². The van der Waals surface area contributed by atoms with Crippen molar-refractivity contribution in [2.75, 3.05) is 12.4 Å². The van der Waals surface area contributed by atoms with Crippen LogP contribution < -0.4 is 15.4 Å². The monoisotopic (exact) mass is 385 g/mol. The summed E-state index contributed by atoms with van der Waals surface area (Å²) in [6.45, 7) is 0.480.